The first-order valence-electron chi connectivity index (χ1n) is 7.29. The summed E-state index contributed by atoms with van der Waals surface area (Å²) in [6.07, 6.45) is 9.33. The van der Waals surface area contributed by atoms with Gasteiger partial charge in [0.1, 0.15) is 6.10 Å². The smallest absolute Gasteiger partial charge is 0.355 e. The maximum absolute atomic E-state index is 11.9. The van der Waals surface area contributed by atoms with Crippen LogP contribution in [0.1, 0.15) is 46.0 Å². The van der Waals surface area contributed by atoms with Crippen molar-refractivity contribution >= 4 is 11.7 Å². The Bertz CT molecular complexity index is 370. The van der Waals surface area contributed by atoms with Crippen molar-refractivity contribution in [2.24, 2.45) is 10.9 Å². The predicted octanol–water partition coefficient (Wildman–Crippen LogP) is 2.87. The SMILES string of the molecule is C/C=C/[C@H]1O[C@H](C2CCCCC2)N=C1C(=O)OCC. The summed E-state index contributed by atoms with van der Waals surface area (Å²) < 4.78 is 11.0. The van der Waals surface area contributed by atoms with Crippen molar-refractivity contribution in [3.8, 4) is 0 Å². The Morgan fingerprint density at radius 3 is 2.79 bits per heavy atom. The van der Waals surface area contributed by atoms with Gasteiger partial charge in [-0.1, -0.05) is 31.4 Å². The van der Waals surface area contributed by atoms with E-state index in [0.29, 0.717) is 18.2 Å². The number of hydrogen-bond donors (Lipinski definition) is 0. The number of aliphatic imine (C=N–C) groups is 1. The van der Waals surface area contributed by atoms with Crippen molar-refractivity contribution in [3.63, 3.8) is 0 Å². The molecule has 0 radical (unpaired) electrons. The van der Waals surface area contributed by atoms with Gasteiger partial charge >= 0.3 is 5.97 Å². The molecule has 0 unspecified atom stereocenters. The second-order valence-corrected chi connectivity index (χ2v) is 5.11. The van der Waals surface area contributed by atoms with Crippen LogP contribution in [-0.4, -0.2) is 30.6 Å². The van der Waals surface area contributed by atoms with Crippen molar-refractivity contribution in [2.45, 2.75) is 58.3 Å². The molecule has 2 atom stereocenters. The monoisotopic (exact) mass is 265 g/mol. The summed E-state index contributed by atoms with van der Waals surface area (Å²) in [7, 11) is 0. The van der Waals surface area contributed by atoms with Gasteiger partial charge in [0.2, 0.25) is 0 Å². The number of hydrogen-bond acceptors (Lipinski definition) is 4. The average Bonchev–Trinajstić information content (AvgIpc) is 2.85. The Morgan fingerprint density at radius 2 is 2.16 bits per heavy atom. The third-order valence-corrected chi connectivity index (χ3v) is 3.73. The van der Waals surface area contributed by atoms with E-state index in [9.17, 15) is 4.79 Å². The van der Waals surface area contributed by atoms with E-state index in [-0.39, 0.29) is 18.3 Å². The number of nitrogens with zero attached hydrogens (tertiary/aromatic N) is 1. The van der Waals surface area contributed by atoms with Crippen LogP contribution in [0.25, 0.3) is 0 Å². The highest BCUT2D eigenvalue weighted by Crippen LogP contribution is 2.32. The van der Waals surface area contributed by atoms with Gasteiger partial charge in [0.15, 0.2) is 11.9 Å². The zero-order valence-electron chi connectivity index (χ0n) is 11.8. The molecule has 0 aromatic rings. The summed E-state index contributed by atoms with van der Waals surface area (Å²) >= 11 is 0. The summed E-state index contributed by atoms with van der Waals surface area (Å²) in [5.74, 6) is 0.109. The van der Waals surface area contributed by atoms with Crippen LogP contribution in [-0.2, 0) is 14.3 Å². The van der Waals surface area contributed by atoms with Gasteiger partial charge in [-0.15, -0.1) is 0 Å². The number of ether oxygens (including phenoxy) is 2. The fourth-order valence-electron chi connectivity index (χ4n) is 2.78. The topological polar surface area (TPSA) is 47.9 Å². The highest BCUT2D eigenvalue weighted by molar-refractivity contribution is 6.39. The van der Waals surface area contributed by atoms with Crippen molar-refractivity contribution < 1.29 is 14.3 Å². The molecule has 0 spiro atoms. The molecule has 0 aromatic carbocycles. The molecule has 0 amide bonds. The lowest BCUT2D eigenvalue weighted by Gasteiger charge is -2.25. The molecule has 19 heavy (non-hydrogen) atoms. The molecule has 2 aliphatic rings. The Labute approximate surface area is 114 Å². The Hall–Kier alpha value is -1.16. The lowest BCUT2D eigenvalue weighted by Crippen LogP contribution is -2.28. The van der Waals surface area contributed by atoms with E-state index in [1.165, 1.54) is 19.3 Å². The zero-order valence-corrected chi connectivity index (χ0v) is 11.8. The molecule has 4 nitrogen and oxygen atoms in total. The molecule has 0 saturated heterocycles. The summed E-state index contributed by atoms with van der Waals surface area (Å²) in [6, 6.07) is 0. The van der Waals surface area contributed by atoms with Crippen LogP contribution in [0.5, 0.6) is 0 Å². The number of carbonyl (C=O) groups excluding carboxylic acids is 1. The number of carbonyl (C=O) groups is 1. The van der Waals surface area contributed by atoms with E-state index in [0.717, 1.165) is 12.8 Å². The maximum atomic E-state index is 11.9. The third-order valence-electron chi connectivity index (χ3n) is 3.73. The van der Waals surface area contributed by atoms with Crippen LogP contribution in [0, 0.1) is 5.92 Å². The van der Waals surface area contributed by atoms with E-state index in [4.69, 9.17) is 9.47 Å². The Morgan fingerprint density at radius 1 is 1.42 bits per heavy atom. The normalized spacial score (nSPS) is 28.6. The molecule has 0 N–H and O–H groups in total. The van der Waals surface area contributed by atoms with E-state index < -0.39 is 0 Å². The van der Waals surface area contributed by atoms with Crippen molar-refractivity contribution in [1.82, 2.24) is 0 Å². The molecule has 1 saturated carbocycles. The molecule has 1 aliphatic heterocycles. The van der Waals surface area contributed by atoms with Gasteiger partial charge in [0.05, 0.1) is 6.61 Å². The van der Waals surface area contributed by atoms with Gasteiger partial charge in [-0.05, 0) is 26.7 Å². The van der Waals surface area contributed by atoms with Crippen molar-refractivity contribution in [2.75, 3.05) is 6.61 Å². The van der Waals surface area contributed by atoms with Crippen molar-refractivity contribution in [3.05, 3.63) is 12.2 Å². The molecule has 0 bridgehead atoms. The summed E-state index contributed by atoms with van der Waals surface area (Å²) in [6.45, 7) is 4.09. The molecule has 1 heterocycles. The molecule has 0 aromatic heterocycles. The minimum absolute atomic E-state index is 0.166. The highest BCUT2D eigenvalue weighted by Gasteiger charge is 2.36. The number of allylic oxidation sites excluding steroid dienone is 1. The summed E-state index contributed by atoms with van der Waals surface area (Å²) in [4.78, 5) is 16.4. The second kappa shape index (κ2) is 6.85. The minimum Gasteiger partial charge on any atom is -0.461 e. The van der Waals surface area contributed by atoms with Crippen LogP contribution < -0.4 is 0 Å². The van der Waals surface area contributed by atoms with Crippen LogP contribution in [0.4, 0.5) is 0 Å². The number of esters is 1. The summed E-state index contributed by atoms with van der Waals surface area (Å²) in [5.41, 5.74) is 0.426. The summed E-state index contributed by atoms with van der Waals surface area (Å²) in [5, 5.41) is 0. The molecular formula is C15H23NO3. The second-order valence-electron chi connectivity index (χ2n) is 5.11. The molecule has 1 fully saturated rings. The van der Waals surface area contributed by atoms with Crippen LogP contribution in [0.2, 0.25) is 0 Å². The van der Waals surface area contributed by atoms with Gasteiger partial charge in [-0.3, -0.25) is 0 Å². The lowest BCUT2D eigenvalue weighted by molar-refractivity contribution is -0.135. The molecular weight excluding hydrogens is 242 g/mol. The molecule has 106 valence electrons. The first kappa shape index (κ1) is 14.3. The van der Waals surface area contributed by atoms with Gasteiger partial charge in [0.25, 0.3) is 0 Å². The van der Waals surface area contributed by atoms with E-state index in [1.54, 1.807) is 6.92 Å². The van der Waals surface area contributed by atoms with Gasteiger partial charge in [-0.25, -0.2) is 9.79 Å². The fourth-order valence-corrected chi connectivity index (χ4v) is 2.78. The first-order valence-corrected chi connectivity index (χ1v) is 7.29. The van der Waals surface area contributed by atoms with Gasteiger partial charge in [0, 0.05) is 5.92 Å². The lowest BCUT2D eigenvalue weighted by atomic mass is 9.88. The first-order chi connectivity index (χ1) is 9.26. The highest BCUT2D eigenvalue weighted by atomic mass is 16.5. The fraction of sp³-hybridized carbons (Fsp3) is 0.733. The van der Waals surface area contributed by atoms with Crippen LogP contribution in [0.3, 0.4) is 0 Å². The van der Waals surface area contributed by atoms with Gasteiger partial charge < -0.3 is 9.47 Å². The van der Waals surface area contributed by atoms with Crippen molar-refractivity contribution in [1.29, 1.82) is 0 Å². The third kappa shape index (κ3) is 3.44. The zero-order chi connectivity index (χ0) is 13.7. The standard InChI is InChI=1S/C15H23NO3/c1-3-8-12-13(15(17)18-4-2)16-14(19-12)11-9-6-5-7-10-11/h3,8,11-12,14H,4-7,9-10H2,1-2H3/b8-3+/t12-,14-/m1/s1. The molecule has 4 heteroatoms. The van der Waals surface area contributed by atoms with Crippen LogP contribution in [0.15, 0.2) is 17.1 Å². The average molecular weight is 265 g/mol. The molecule has 2 rings (SSSR count). The largest absolute Gasteiger partial charge is 0.461 e. The van der Waals surface area contributed by atoms with E-state index >= 15 is 0 Å². The maximum Gasteiger partial charge on any atom is 0.355 e. The predicted molar refractivity (Wildman–Crippen MR) is 74.1 cm³/mol. The Kier molecular flexibility index (Phi) is 5.14. The van der Waals surface area contributed by atoms with E-state index in [2.05, 4.69) is 4.99 Å². The quantitative estimate of drug-likeness (QED) is 0.580. The minimum atomic E-state index is -0.344. The van der Waals surface area contributed by atoms with E-state index in [1.807, 2.05) is 19.1 Å². The Balaban J connectivity index is 2.08. The van der Waals surface area contributed by atoms with Crippen LogP contribution >= 0.6 is 0 Å². The molecule has 1 aliphatic carbocycles. The van der Waals surface area contributed by atoms with Gasteiger partial charge in [-0.2, -0.15) is 0 Å². The number of rotatable bonds is 4.